The Balaban J connectivity index is 3.09. The maximum Gasteiger partial charge on any atom is 0.289 e. The standard InChI is InChI=1S/C10H6Cl6N2O/c1-4-6(12)2-5(11)3-7(4)17-18-10(15,16)8(19)9(13)14/h2-3,9H,1H3. The zero-order chi connectivity index (χ0) is 14.8. The Kier molecular flexibility index (Phi) is 6.18. The van der Waals surface area contributed by atoms with Crippen LogP contribution in [0.15, 0.2) is 22.4 Å². The predicted octanol–water partition coefficient (Wildman–Crippen LogP) is 5.89. The highest BCUT2D eigenvalue weighted by Gasteiger charge is 2.37. The highest BCUT2D eigenvalue weighted by atomic mass is 35.5. The van der Waals surface area contributed by atoms with Crippen molar-refractivity contribution in [1.82, 2.24) is 0 Å². The fourth-order valence-electron chi connectivity index (χ4n) is 1.03. The first-order chi connectivity index (χ1) is 8.65. The van der Waals surface area contributed by atoms with E-state index in [0.717, 1.165) is 0 Å². The van der Waals surface area contributed by atoms with E-state index >= 15 is 0 Å². The lowest BCUT2D eigenvalue weighted by Gasteiger charge is -2.12. The number of carbonyl (C=O) groups excluding carboxylic acids is 1. The Hall–Kier alpha value is 0.230. The number of hydrogen-bond donors (Lipinski definition) is 0. The molecule has 0 radical (unpaired) electrons. The highest BCUT2D eigenvalue weighted by Crippen LogP contribution is 2.34. The molecule has 0 unspecified atom stereocenters. The number of ketones is 1. The molecule has 0 aromatic heterocycles. The maximum absolute atomic E-state index is 11.5. The second-order valence-electron chi connectivity index (χ2n) is 3.44. The van der Waals surface area contributed by atoms with Crippen molar-refractivity contribution < 1.29 is 4.79 Å². The van der Waals surface area contributed by atoms with Gasteiger partial charge in [0.15, 0.2) is 4.84 Å². The Bertz CT molecular complexity index is 529. The number of nitrogens with zero attached hydrogens (tertiary/aromatic N) is 2. The van der Waals surface area contributed by atoms with Gasteiger partial charge in [0.25, 0.3) is 4.46 Å². The van der Waals surface area contributed by atoms with Gasteiger partial charge in [0.05, 0.1) is 5.69 Å². The number of hydrogen-bond acceptors (Lipinski definition) is 3. The molecule has 0 N–H and O–H groups in total. The summed E-state index contributed by atoms with van der Waals surface area (Å²) in [6.45, 7) is 1.70. The number of Topliss-reactive ketones (excluding diaryl/α,β-unsaturated/α-hetero) is 1. The van der Waals surface area contributed by atoms with E-state index in [2.05, 4.69) is 10.2 Å². The van der Waals surface area contributed by atoms with Crippen molar-refractivity contribution in [3.05, 3.63) is 27.7 Å². The summed E-state index contributed by atoms with van der Waals surface area (Å²) in [5, 5.41) is 8.03. The van der Waals surface area contributed by atoms with Crippen molar-refractivity contribution >= 4 is 81.1 Å². The van der Waals surface area contributed by atoms with E-state index in [0.29, 0.717) is 21.3 Å². The number of carbonyl (C=O) groups is 1. The zero-order valence-electron chi connectivity index (χ0n) is 9.30. The molecule has 0 spiro atoms. The van der Waals surface area contributed by atoms with Crippen molar-refractivity contribution in [3.63, 3.8) is 0 Å². The van der Waals surface area contributed by atoms with Gasteiger partial charge in [-0.3, -0.25) is 4.79 Å². The summed E-state index contributed by atoms with van der Waals surface area (Å²) in [5.41, 5.74) is 0.941. The molecule has 3 nitrogen and oxygen atoms in total. The molecular weight excluding hydrogens is 377 g/mol. The summed E-state index contributed by atoms with van der Waals surface area (Å²) in [7, 11) is 0. The van der Waals surface area contributed by atoms with Gasteiger partial charge in [0.1, 0.15) is 0 Å². The fourth-order valence-corrected chi connectivity index (χ4v) is 2.35. The number of rotatable bonds is 4. The first-order valence-electron chi connectivity index (χ1n) is 4.74. The molecule has 19 heavy (non-hydrogen) atoms. The van der Waals surface area contributed by atoms with Gasteiger partial charge < -0.3 is 0 Å². The first kappa shape index (κ1) is 17.3. The summed E-state index contributed by atoms with van der Waals surface area (Å²) in [5.74, 6) is -0.895. The molecule has 104 valence electrons. The second kappa shape index (κ2) is 6.79. The lowest BCUT2D eigenvalue weighted by Crippen LogP contribution is -2.28. The smallest absolute Gasteiger partial charge is 0.289 e. The van der Waals surface area contributed by atoms with Crippen molar-refractivity contribution in [2.45, 2.75) is 16.2 Å². The minimum Gasteiger partial charge on any atom is -0.291 e. The summed E-state index contributed by atoms with van der Waals surface area (Å²) in [6.07, 6.45) is 0. The molecule has 9 heteroatoms. The van der Waals surface area contributed by atoms with Crippen LogP contribution in [0.5, 0.6) is 0 Å². The number of alkyl halides is 4. The number of halogens is 6. The molecule has 0 atom stereocenters. The van der Waals surface area contributed by atoms with E-state index in [1.165, 1.54) is 6.07 Å². The van der Waals surface area contributed by atoms with Crippen LogP contribution in [-0.4, -0.2) is 15.1 Å². The molecule has 0 aliphatic rings. The Morgan fingerprint density at radius 3 is 2.37 bits per heavy atom. The summed E-state index contributed by atoms with van der Waals surface area (Å²) in [4.78, 5) is 10.1. The minimum atomic E-state index is -2.17. The largest absolute Gasteiger partial charge is 0.291 e. The van der Waals surface area contributed by atoms with Crippen molar-refractivity contribution in [1.29, 1.82) is 0 Å². The molecule has 1 aromatic rings. The molecular formula is C10H6Cl6N2O. The fraction of sp³-hybridized carbons (Fsp3) is 0.300. The SMILES string of the molecule is Cc1c(Cl)cc(Cl)cc1N=NC(Cl)(Cl)C(=O)C(Cl)Cl. The van der Waals surface area contributed by atoms with Crippen LogP contribution >= 0.6 is 69.6 Å². The van der Waals surface area contributed by atoms with Gasteiger partial charge in [-0.15, -0.1) is 5.11 Å². The number of azo groups is 1. The topological polar surface area (TPSA) is 41.8 Å². The van der Waals surface area contributed by atoms with Crippen LogP contribution in [0.4, 0.5) is 5.69 Å². The lowest BCUT2D eigenvalue weighted by atomic mass is 10.2. The van der Waals surface area contributed by atoms with Gasteiger partial charge in [-0.25, -0.2) is 0 Å². The average Bonchev–Trinajstić information content (AvgIpc) is 2.30. The van der Waals surface area contributed by atoms with Crippen LogP contribution in [0.3, 0.4) is 0 Å². The predicted molar refractivity (Wildman–Crippen MR) is 80.7 cm³/mol. The van der Waals surface area contributed by atoms with Crippen LogP contribution in [0, 0.1) is 6.92 Å². The van der Waals surface area contributed by atoms with Gasteiger partial charge in [0, 0.05) is 10.0 Å². The summed E-state index contributed by atoms with van der Waals surface area (Å²) >= 11 is 33.9. The molecule has 0 saturated carbocycles. The molecule has 0 aliphatic heterocycles. The third-order valence-corrected chi connectivity index (χ3v) is 3.59. The molecule has 0 aliphatic carbocycles. The Morgan fingerprint density at radius 1 is 1.26 bits per heavy atom. The highest BCUT2D eigenvalue weighted by molar-refractivity contribution is 6.66. The average molecular weight is 383 g/mol. The quantitative estimate of drug-likeness (QED) is 0.363. The van der Waals surface area contributed by atoms with E-state index in [-0.39, 0.29) is 0 Å². The zero-order valence-corrected chi connectivity index (χ0v) is 13.8. The monoisotopic (exact) mass is 380 g/mol. The van der Waals surface area contributed by atoms with Crippen LogP contribution in [0.1, 0.15) is 5.56 Å². The molecule has 0 amide bonds. The van der Waals surface area contributed by atoms with Gasteiger partial charge in [-0.1, -0.05) is 69.6 Å². The molecule has 1 rings (SSSR count). The molecule has 1 aromatic carbocycles. The van der Waals surface area contributed by atoms with Gasteiger partial charge in [0.2, 0.25) is 5.78 Å². The van der Waals surface area contributed by atoms with Crippen LogP contribution in [0.2, 0.25) is 10.0 Å². The van der Waals surface area contributed by atoms with E-state index < -0.39 is 15.1 Å². The van der Waals surface area contributed by atoms with Gasteiger partial charge in [-0.2, -0.15) is 5.11 Å². The number of benzene rings is 1. The van der Waals surface area contributed by atoms with Crippen LogP contribution < -0.4 is 0 Å². The molecule has 0 saturated heterocycles. The summed E-state index contributed by atoms with van der Waals surface area (Å²) in [6, 6.07) is 3.05. The van der Waals surface area contributed by atoms with E-state index in [1.807, 2.05) is 0 Å². The molecule has 0 fully saturated rings. The van der Waals surface area contributed by atoms with E-state index in [9.17, 15) is 4.79 Å². The van der Waals surface area contributed by atoms with E-state index in [4.69, 9.17) is 69.6 Å². The van der Waals surface area contributed by atoms with Gasteiger partial charge >= 0.3 is 0 Å². The van der Waals surface area contributed by atoms with Crippen molar-refractivity contribution in [3.8, 4) is 0 Å². The van der Waals surface area contributed by atoms with Crippen LogP contribution in [0.25, 0.3) is 0 Å². The normalized spacial score (nSPS) is 12.4. The third kappa shape index (κ3) is 4.62. The van der Waals surface area contributed by atoms with Crippen molar-refractivity contribution in [2.24, 2.45) is 10.2 Å². The summed E-state index contributed by atoms with van der Waals surface area (Å²) < 4.78 is -2.17. The lowest BCUT2D eigenvalue weighted by molar-refractivity contribution is -0.118. The third-order valence-electron chi connectivity index (χ3n) is 2.06. The Labute approximate surface area is 139 Å². The second-order valence-corrected chi connectivity index (χ2v) is 6.67. The van der Waals surface area contributed by atoms with Gasteiger partial charge in [-0.05, 0) is 24.6 Å². The molecule has 0 heterocycles. The maximum atomic E-state index is 11.5. The van der Waals surface area contributed by atoms with Crippen LogP contribution in [-0.2, 0) is 4.79 Å². The first-order valence-corrected chi connectivity index (χ1v) is 7.12. The minimum absolute atomic E-state index is 0.330. The van der Waals surface area contributed by atoms with Crippen molar-refractivity contribution in [2.75, 3.05) is 0 Å². The Morgan fingerprint density at radius 2 is 1.84 bits per heavy atom. The molecule has 0 bridgehead atoms. The van der Waals surface area contributed by atoms with E-state index in [1.54, 1.807) is 13.0 Å².